The summed E-state index contributed by atoms with van der Waals surface area (Å²) in [5.74, 6) is 0.478. The maximum absolute atomic E-state index is 13.7. The summed E-state index contributed by atoms with van der Waals surface area (Å²) in [4.78, 5) is 31.8. The predicted molar refractivity (Wildman–Crippen MR) is 141 cm³/mol. The van der Waals surface area contributed by atoms with Crippen molar-refractivity contribution in [3.8, 4) is 11.5 Å². The number of benzene rings is 2. The molecule has 7 nitrogen and oxygen atoms in total. The van der Waals surface area contributed by atoms with Gasteiger partial charge in [-0.3, -0.25) is 9.36 Å². The summed E-state index contributed by atoms with van der Waals surface area (Å²) >= 11 is 7.75. The van der Waals surface area contributed by atoms with Crippen molar-refractivity contribution in [2.75, 3.05) is 20.3 Å². The Morgan fingerprint density at radius 2 is 1.86 bits per heavy atom. The van der Waals surface area contributed by atoms with Gasteiger partial charge in [-0.15, -0.1) is 0 Å². The lowest BCUT2D eigenvalue weighted by Crippen LogP contribution is -2.40. The second-order valence-electron chi connectivity index (χ2n) is 7.89. The highest BCUT2D eigenvalue weighted by Gasteiger charge is 2.33. The third kappa shape index (κ3) is 4.83. The standard InChI is InChI=1S/C27H27ClN2O5S/c1-5-19-22(26(32)33-4)23(17-11-9-8-10-12-17)30-25(31)21(36-27(30)29-19)15-16-13-18(28)24(35-7-3)20(14-16)34-6-2/h8-15,23H,5-7H2,1-4H3/b21-15-/t23-/m1/s1. The molecular formula is C27H27ClN2O5S. The third-order valence-corrected chi connectivity index (χ3v) is 6.95. The molecule has 0 unspecified atom stereocenters. The summed E-state index contributed by atoms with van der Waals surface area (Å²) in [6.07, 6.45) is 2.27. The number of hydrogen-bond acceptors (Lipinski definition) is 7. The SMILES string of the molecule is CCOc1cc(/C=c2\sc3n(c2=O)[C@H](c2ccccc2)C(C(=O)OC)=C(CC)N=3)cc(Cl)c1OCC. The van der Waals surface area contributed by atoms with Gasteiger partial charge in [0.05, 0.1) is 47.2 Å². The molecule has 1 atom stereocenters. The van der Waals surface area contributed by atoms with Crippen molar-refractivity contribution in [2.24, 2.45) is 4.99 Å². The van der Waals surface area contributed by atoms with Crippen LogP contribution in [0.2, 0.25) is 5.02 Å². The van der Waals surface area contributed by atoms with Crippen LogP contribution in [0.1, 0.15) is 44.4 Å². The van der Waals surface area contributed by atoms with Crippen LogP contribution in [0.15, 0.2) is 63.5 Å². The number of nitrogens with zero attached hydrogens (tertiary/aromatic N) is 2. The zero-order valence-corrected chi connectivity index (χ0v) is 22.1. The largest absolute Gasteiger partial charge is 0.490 e. The topological polar surface area (TPSA) is 79.1 Å². The Bertz CT molecular complexity index is 1490. The van der Waals surface area contributed by atoms with E-state index in [0.29, 0.717) is 62.3 Å². The molecule has 36 heavy (non-hydrogen) atoms. The fourth-order valence-electron chi connectivity index (χ4n) is 4.18. The van der Waals surface area contributed by atoms with Crippen LogP contribution in [0.4, 0.5) is 0 Å². The summed E-state index contributed by atoms with van der Waals surface area (Å²) in [5, 5.41) is 0.394. The van der Waals surface area contributed by atoms with Crippen LogP contribution in [0.25, 0.3) is 6.08 Å². The van der Waals surface area contributed by atoms with Crippen molar-refractivity contribution in [2.45, 2.75) is 33.2 Å². The van der Waals surface area contributed by atoms with E-state index in [1.165, 1.54) is 18.4 Å². The molecule has 0 amide bonds. The van der Waals surface area contributed by atoms with Gasteiger partial charge in [0.15, 0.2) is 16.3 Å². The first-order valence-electron chi connectivity index (χ1n) is 11.7. The van der Waals surface area contributed by atoms with E-state index in [-0.39, 0.29) is 5.56 Å². The molecule has 188 valence electrons. The Kier molecular flexibility index (Phi) is 7.96. The Morgan fingerprint density at radius 3 is 2.50 bits per heavy atom. The quantitative estimate of drug-likeness (QED) is 0.410. The number of carbonyl (C=O) groups excluding carboxylic acids is 1. The van der Waals surface area contributed by atoms with Crippen LogP contribution in [0.5, 0.6) is 11.5 Å². The second kappa shape index (κ2) is 11.1. The number of methoxy groups -OCH3 is 1. The Balaban J connectivity index is 1.94. The molecule has 0 fully saturated rings. The van der Waals surface area contributed by atoms with E-state index in [9.17, 15) is 9.59 Å². The number of carbonyl (C=O) groups is 1. The van der Waals surface area contributed by atoms with E-state index < -0.39 is 12.0 Å². The number of allylic oxidation sites excluding steroid dienone is 1. The molecule has 0 aliphatic carbocycles. The number of fused-ring (bicyclic) bond motifs is 1. The van der Waals surface area contributed by atoms with Gasteiger partial charge in [0.1, 0.15) is 0 Å². The van der Waals surface area contributed by atoms with Gasteiger partial charge in [-0.05, 0) is 49.6 Å². The molecule has 0 saturated heterocycles. The highest BCUT2D eigenvalue weighted by molar-refractivity contribution is 7.07. The van der Waals surface area contributed by atoms with E-state index >= 15 is 0 Å². The molecule has 9 heteroatoms. The van der Waals surface area contributed by atoms with Crippen LogP contribution in [-0.4, -0.2) is 30.9 Å². The van der Waals surface area contributed by atoms with Gasteiger partial charge in [-0.25, -0.2) is 9.79 Å². The van der Waals surface area contributed by atoms with Gasteiger partial charge in [-0.1, -0.05) is 60.2 Å². The van der Waals surface area contributed by atoms with Crippen molar-refractivity contribution in [3.63, 3.8) is 0 Å². The molecule has 1 aliphatic rings. The maximum atomic E-state index is 13.7. The lowest BCUT2D eigenvalue weighted by Gasteiger charge is -2.25. The second-order valence-corrected chi connectivity index (χ2v) is 9.31. The van der Waals surface area contributed by atoms with Gasteiger partial charge in [0.2, 0.25) is 0 Å². The summed E-state index contributed by atoms with van der Waals surface area (Å²) < 4.78 is 18.5. The molecule has 2 aromatic carbocycles. The zero-order valence-electron chi connectivity index (χ0n) is 20.5. The molecule has 2 heterocycles. The maximum Gasteiger partial charge on any atom is 0.338 e. The van der Waals surface area contributed by atoms with Gasteiger partial charge >= 0.3 is 5.97 Å². The Hall–Kier alpha value is -3.36. The van der Waals surface area contributed by atoms with Crippen molar-refractivity contribution in [1.29, 1.82) is 0 Å². The molecule has 0 spiro atoms. The third-order valence-electron chi connectivity index (χ3n) is 5.68. The molecule has 0 bridgehead atoms. The number of rotatable bonds is 8. The molecule has 0 saturated carbocycles. The van der Waals surface area contributed by atoms with Gasteiger partial charge in [0, 0.05) is 0 Å². The number of halogens is 1. The summed E-state index contributed by atoms with van der Waals surface area (Å²) in [6.45, 7) is 6.56. The van der Waals surface area contributed by atoms with Crippen molar-refractivity contribution >= 4 is 35.0 Å². The number of thiazole rings is 1. The Labute approximate surface area is 217 Å². The molecule has 3 aromatic rings. The monoisotopic (exact) mass is 526 g/mol. The summed E-state index contributed by atoms with van der Waals surface area (Å²) in [5.41, 5.74) is 2.21. The zero-order chi connectivity index (χ0) is 25.8. The van der Waals surface area contributed by atoms with Gasteiger partial charge in [0.25, 0.3) is 5.56 Å². The van der Waals surface area contributed by atoms with Crippen LogP contribution >= 0.6 is 22.9 Å². The van der Waals surface area contributed by atoms with Gasteiger partial charge < -0.3 is 14.2 Å². The summed E-state index contributed by atoms with van der Waals surface area (Å²) in [6, 6.07) is 12.3. The molecule has 1 aliphatic heterocycles. The van der Waals surface area contributed by atoms with Crippen LogP contribution in [-0.2, 0) is 9.53 Å². The van der Waals surface area contributed by atoms with Crippen LogP contribution in [0, 0.1) is 0 Å². The summed E-state index contributed by atoms with van der Waals surface area (Å²) in [7, 11) is 1.33. The molecule has 0 radical (unpaired) electrons. The van der Waals surface area contributed by atoms with E-state index in [2.05, 4.69) is 4.99 Å². The first-order chi connectivity index (χ1) is 17.4. The number of ether oxygens (including phenoxy) is 3. The number of esters is 1. The predicted octanol–water partition coefficient (Wildman–Crippen LogP) is 4.25. The first kappa shape index (κ1) is 25.7. The molecule has 4 rings (SSSR count). The number of hydrogen-bond donors (Lipinski definition) is 0. The average Bonchev–Trinajstić information content (AvgIpc) is 3.19. The van der Waals surface area contributed by atoms with E-state index in [1.807, 2.05) is 51.1 Å². The lowest BCUT2D eigenvalue weighted by atomic mass is 9.95. The van der Waals surface area contributed by atoms with Gasteiger partial charge in [-0.2, -0.15) is 0 Å². The van der Waals surface area contributed by atoms with Crippen molar-refractivity contribution in [3.05, 3.63) is 89.6 Å². The highest BCUT2D eigenvalue weighted by atomic mass is 35.5. The minimum absolute atomic E-state index is 0.257. The minimum atomic E-state index is -0.644. The average molecular weight is 527 g/mol. The minimum Gasteiger partial charge on any atom is -0.490 e. The normalized spacial score (nSPS) is 15.4. The van der Waals surface area contributed by atoms with E-state index in [4.69, 9.17) is 25.8 Å². The van der Waals surface area contributed by atoms with Crippen molar-refractivity contribution in [1.82, 2.24) is 4.57 Å². The Morgan fingerprint density at radius 1 is 1.14 bits per heavy atom. The van der Waals surface area contributed by atoms with Crippen LogP contribution < -0.4 is 24.4 Å². The number of aromatic nitrogens is 1. The molecular weight excluding hydrogens is 500 g/mol. The smallest absolute Gasteiger partial charge is 0.338 e. The lowest BCUT2D eigenvalue weighted by molar-refractivity contribution is -0.136. The fraction of sp³-hybridized carbons (Fsp3) is 0.296. The molecule has 1 aromatic heterocycles. The van der Waals surface area contributed by atoms with E-state index in [1.54, 1.807) is 22.8 Å². The highest BCUT2D eigenvalue weighted by Crippen LogP contribution is 2.37. The first-order valence-corrected chi connectivity index (χ1v) is 12.9. The fourth-order valence-corrected chi connectivity index (χ4v) is 5.48. The van der Waals surface area contributed by atoms with Crippen molar-refractivity contribution < 1.29 is 19.0 Å². The van der Waals surface area contributed by atoms with Crippen LogP contribution in [0.3, 0.4) is 0 Å². The molecule has 0 N–H and O–H groups in total. The van der Waals surface area contributed by atoms with E-state index in [0.717, 1.165) is 5.56 Å².